The van der Waals surface area contributed by atoms with Crippen LogP contribution in [-0.4, -0.2) is 42.0 Å². The number of ether oxygens (including phenoxy) is 1. The number of aryl methyl sites for hydroxylation is 1. The van der Waals surface area contributed by atoms with E-state index in [1.807, 2.05) is 36.6 Å². The van der Waals surface area contributed by atoms with Gasteiger partial charge in [-0.25, -0.2) is 14.7 Å². The maximum atomic E-state index is 6.23. The van der Waals surface area contributed by atoms with E-state index in [9.17, 15) is 0 Å². The van der Waals surface area contributed by atoms with Gasteiger partial charge in [-0.1, -0.05) is 29.8 Å². The molecule has 0 radical (unpaired) electrons. The van der Waals surface area contributed by atoms with Crippen molar-refractivity contribution < 1.29 is 14.5 Å². The standard InChI is InChI=1S/C22H27N5O3/c1-17-2-4-18(5-3-17)14-26-15-28-29-16-27(23)22(26)25-19-6-8-20(9-7-19)30-21-10-12-24-13-11-21/h2-10,12-13,21-22,25H,11,14-16,23H2,1H3. The molecular weight excluding hydrogens is 382 g/mol. The highest BCUT2D eigenvalue weighted by atomic mass is 17.2. The molecule has 0 aromatic heterocycles. The Morgan fingerprint density at radius 1 is 1.10 bits per heavy atom. The normalized spacial score (nSPS) is 22.6. The zero-order chi connectivity index (χ0) is 20.8. The van der Waals surface area contributed by atoms with Gasteiger partial charge in [0.1, 0.15) is 18.6 Å². The van der Waals surface area contributed by atoms with Crippen LogP contribution in [0.4, 0.5) is 5.69 Å². The van der Waals surface area contributed by atoms with Crippen molar-refractivity contribution in [1.82, 2.24) is 9.91 Å². The van der Waals surface area contributed by atoms with Gasteiger partial charge >= 0.3 is 0 Å². The van der Waals surface area contributed by atoms with Gasteiger partial charge in [-0.3, -0.25) is 10.8 Å². The molecular formula is C22H27N5O3. The number of hydrogen-bond donors (Lipinski definition) is 2. The molecule has 4 rings (SSSR count). The van der Waals surface area contributed by atoms with Crippen LogP contribution in [0.2, 0.25) is 0 Å². The van der Waals surface area contributed by atoms with Gasteiger partial charge in [0.25, 0.3) is 0 Å². The number of hydrogen-bond acceptors (Lipinski definition) is 8. The van der Waals surface area contributed by atoms with E-state index in [4.69, 9.17) is 20.4 Å². The minimum absolute atomic E-state index is 0.0157. The number of hydrazine groups is 1. The lowest BCUT2D eigenvalue weighted by Gasteiger charge is -2.34. The van der Waals surface area contributed by atoms with E-state index in [0.717, 1.165) is 17.9 Å². The number of anilines is 1. The summed E-state index contributed by atoms with van der Waals surface area (Å²) in [6.07, 6.45) is 6.05. The summed E-state index contributed by atoms with van der Waals surface area (Å²) in [5.74, 6) is 7.03. The molecule has 3 N–H and O–H groups in total. The van der Waals surface area contributed by atoms with E-state index in [-0.39, 0.29) is 25.9 Å². The molecule has 1 fully saturated rings. The maximum Gasteiger partial charge on any atom is 0.154 e. The van der Waals surface area contributed by atoms with E-state index < -0.39 is 0 Å². The number of nitrogens with one attached hydrogen (secondary N) is 1. The molecule has 0 spiro atoms. The Balaban J connectivity index is 1.43. The third kappa shape index (κ3) is 5.44. The monoisotopic (exact) mass is 409 g/mol. The summed E-state index contributed by atoms with van der Waals surface area (Å²) >= 11 is 0. The first-order valence-electron chi connectivity index (χ1n) is 9.94. The summed E-state index contributed by atoms with van der Waals surface area (Å²) in [7, 11) is 0. The smallest absolute Gasteiger partial charge is 0.154 e. The molecule has 8 nitrogen and oxygen atoms in total. The van der Waals surface area contributed by atoms with Gasteiger partial charge in [-0.2, -0.15) is 5.01 Å². The van der Waals surface area contributed by atoms with Gasteiger partial charge in [0.15, 0.2) is 13.0 Å². The summed E-state index contributed by atoms with van der Waals surface area (Å²) in [6.45, 7) is 3.17. The molecule has 2 heterocycles. The van der Waals surface area contributed by atoms with Crippen LogP contribution in [0.3, 0.4) is 0 Å². The number of nitrogens with zero attached hydrogens (tertiary/aromatic N) is 3. The first-order chi connectivity index (χ1) is 14.7. The third-order valence-corrected chi connectivity index (χ3v) is 4.94. The lowest BCUT2D eigenvalue weighted by atomic mass is 10.1. The lowest BCUT2D eigenvalue weighted by Crippen LogP contribution is -2.54. The van der Waals surface area contributed by atoms with Crippen LogP contribution >= 0.6 is 0 Å². The zero-order valence-electron chi connectivity index (χ0n) is 17.0. The van der Waals surface area contributed by atoms with E-state index in [1.165, 1.54) is 11.1 Å². The van der Waals surface area contributed by atoms with Gasteiger partial charge in [-0.05, 0) is 42.8 Å². The minimum Gasteiger partial charge on any atom is -0.486 e. The predicted molar refractivity (Wildman–Crippen MR) is 115 cm³/mol. The predicted octanol–water partition coefficient (Wildman–Crippen LogP) is 2.98. The molecule has 2 aromatic carbocycles. The van der Waals surface area contributed by atoms with Crippen LogP contribution in [0.15, 0.2) is 65.8 Å². The Kier molecular flexibility index (Phi) is 6.73. The van der Waals surface area contributed by atoms with E-state index in [2.05, 4.69) is 46.4 Å². The largest absolute Gasteiger partial charge is 0.486 e. The molecule has 0 bridgehead atoms. The van der Waals surface area contributed by atoms with Crippen LogP contribution < -0.4 is 15.9 Å². The summed E-state index contributed by atoms with van der Waals surface area (Å²) < 4.78 is 5.96. The summed E-state index contributed by atoms with van der Waals surface area (Å²) in [5.41, 5.74) is 3.31. The van der Waals surface area contributed by atoms with E-state index >= 15 is 0 Å². The van der Waals surface area contributed by atoms with Crippen molar-refractivity contribution in [2.24, 2.45) is 10.8 Å². The number of benzene rings is 2. The van der Waals surface area contributed by atoms with Crippen molar-refractivity contribution in [2.45, 2.75) is 32.3 Å². The summed E-state index contributed by atoms with van der Waals surface area (Å²) in [4.78, 5) is 16.6. The number of rotatable bonds is 6. The molecule has 2 aliphatic rings. The molecule has 2 aromatic rings. The highest BCUT2D eigenvalue weighted by Gasteiger charge is 2.27. The summed E-state index contributed by atoms with van der Waals surface area (Å²) in [6, 6.07) is 16.2. The van der Waals surface area contributed by atoms with Gasteiger partial charge in [0, 0.05) is 31.1 Å². The molecule has 158 valence electrons. The van der Waals surface area contributed by atoms with E-state index in [0.29, 0.717) is 6.54 Å². The maximum absolute atomic E-state index is 6.23. The average molecular weight is 409 g/mol. The minimum atomic E-state index is -0.307. The van der Waals surface area contributed by atoms with E-state index in [1.54, 1.807) is 11.2 Å². The Morgan fingerprint density at radius 2 is 1.87 bits per heavy atom. The second-order valence-electron chi connectivity index (χ2n) is 7.35. The Morgan fingerprint density at radius 3 is 2.60 bits per heavy atom. The van der Waals surface area contributed by atoms with Crippen LogP contribution in [-0.2, 0) is 16.3 Å². The summed E-state index contributed by atoms with van der Waals surface area (Å²) in [5, 5.41) is 5.03. The topological polar surface area (TPSA) is 84.6 Å². The van der Waals surface area contributed by atoms with Gasteiger partial charge in [0.2, 0.25) is 0 Å². The quantitative estimate of drug-likeness (QED) is 0.560. The molecule has 0 saturated carbocycles. The molecule has 8 heteroatoms. The van der Waals surface area contributed by atoms with Gasteiger partial charge < -0.3 is 10.1 Å². The molecule has 30 heavy (non-hydrogen) atoms. The molecule has 2 atom stereocenters. The lowest BCUT2D eigenvalue weighted by molar-refractivity contribution is -0.314. The fourth-order valence-electron chi connectivity index (χ4n) is 3.28. The number of aliphatic imine (C=N–C) groups is 1. The molecule has 1 saturated heterocycles. The SMILES string of the molecule is Cc1ccc(CN2COOCN(N)C2Nc2ccc(OC3C=CN=CC3)cc2)cc1. The second kappa shape index (κ2) is 9.84. The van der Waals surface area contributed by atoms with Gasteiger partial charge in [-0.15, -0.1) is 0 Å². The van der Waals surface area contributed by atoms with Crippen LogP contribution in [0, 0.1) is 6.92 Å². The Hall–Kier alpha value is -2.75. The third-order valence-electron chi connectivity index (χ3n) is 4.94. The highest BCUT2D eigenvalue weighted by molar-refractivity contribution is 5.60. The van der Waals surface area contributed by atoms with Crippen molar-refractivity contribution in [2.75, 3.05) is 18.8 Å². The van der Waals surface area contributed by atoms with Crippen molar-refractivity contribution >= 4 is 11.9 Å². The fourth-order valence-corrected chi connectivity index (χ4v) is 3.28. The van der Waals surface area contributed by atoms with Crippen LogP contribution in [0.5, 0.6) is 5.75 Å². The average Bonchev–Trinajstić information content (AvgIpc) is 2.93. The highest BCUT2D eigenvalue weighted by Crippen LogP contribution is 2.21. The van der Waals surface area contributed by atoms with Crippen molar-refractivity contribution in [3.63, 3.8) is 0 Å². The molecule has 2 aliphatic heterocycles. The van der Waals surface area contributed by atoms with Crippen LogP contribution in [0.25, 0.3) is 0 Å². The first-order valence-corrected chi connectivity index (χ1v) is 9.94. The van der Waals surface area contributed by atoms with Gasteiger partial charge in [0.05, 0.1) is 0 Å². The van der Waals surface area contributed by atoms with Crippen LogP contribution in [0.1, 0.15) is 17.5 Å². The molecule has 0 aliphatic carbocycles. The zero-order valence-corrected chi connectivity index (χ0v) is 17.0. The second-order valence-corrected chi connectivity index (χ2v) is 7.35. The Bertz CT molecular complexity index is 869. The van der Waals surface area contributed by atoms with Crippen molar-refractivity contribution in [3.05, 3.63) is 71.9 Å². The first kappa shape index (κ1) is 20.5. The molecule has 2 unspecified atom stereocenters. The van der Waals surface area contributed by atoms with Crippen molar-refractivity contribution in [3.8, 4) is 5.75 Å². The van der Waals surface area contributed by atoms with Crippen molar-refractivity contribution in [1.29, 1.82) is 0 Å². The number of nitrogens with two attached hydrogens (primary N) is 1. The fraction of sp³-hybridized carbons (Fsp3) is 0.318. The molecule has 0 amide bonds. The Labute approximate surface area is 176 Å².